The standard InChI is InChI=1S/C74H48N2O2/c1-5-19-49(20-6-1)51-35-39-53(40-36-51)71-61-45-43-58(76(56-25-11-4-12-26-56)68-32-18-30-64-60-28-14-16-34-70(60)78-74(64)68)48-66(61)72(54-41-37-52(38-42-54)50-21-7-2-8-22-50)62-46-44-57(47-65(62)71)75(55-23-9-3-10-24-55)67-31-17-29-63-59-27-13-15-33-69(59)77-73(63)67/h1-48H. The second-order valence-corrected chi connectivity index (χ2v) is 19.9. The summed E-state index contributed by atoms with van der Waals surface area (Å²) in [6.45, 7) is 0. The highest BCUT2D eigenvalue weighted by Crippen LogP contribution is 2.51. The van der Waals surface area contributed by atoms with Crippen LogP contribution in [0.4, 0.5) is 34.1 Å². The molecule has 0 N–H and O–H groups in total. The van der Waals surface area contributed by atoms with Crippen LogP contribution in [0.25, 0.3) is 110 Å². The zero-order chi connectivity index (χ0) is 51.5. The zero-order valence-corrected chi connectivity index (χ0v) is 42.4. The van der Waals surface area contributed by atoms with E-state index in [1.807, 2.05) is 12.1 Å². The Kier molecular flexibility index (Phi) is 10.8. The fourth-order valence-corrected chi connectivity index (χ4v) is 11.8. The molecule has 0 unspecified atom stereocenters. The van der Waals surface area contributed by atoms with Gasteiger partial charge in [0.25, 0.3) is 0 Å². The summed E-state index contributed by atoms with van der Waals surface area (Å²) in [5.41, 5.74) is 18.7. The summed E-state index contributed by atoms with van der Waals surface area (Å²) >= 11 is 0. The molecule has 13 aromatic carbocycles. The minimum atomic E-state index is 0.839. The molecule has 0 fully saturated rings. The van der Waals surface area contributed by atoms with E-state index in [0.717, 1.165) is 122 Å². The summed E-state index contributed by atoms with van der Waals surface area (Å²) < 4.78 is 13.6. The maximum absolute atomic E-state index is 6.79. The second kappa shape index (κ2) is 18.7. The molecule has 0 radical (unpaired) electrons. The van der Waals surface area contributed by atoms with E-state index in [0.29, 0.717) is 0 Å². The predicted molar refractivity (Wildman–Crippen MR) is 327 cm³/mol. The third-order valence-electron chi connectivity index (χ3n) is 15.4. The summed E-state index contributed by atoms with van der Waals surface area (Å²) in [5.74, 6) is 0. The number of benzene rings is 13. The molecule has 0 aliphatic rings. The van der Waals surface area contributed by atoms with Crippen LogP contribution in [-0.2, 0) is 0 Å². The molecule has 0 spiro atoms. The third kappa shape index (κ3) is 7.61. The average molecular weight is 997 g/mol. The fraction of sp³-hybridized carbons (Fsp3) is 0. The average Bonchev–Trinajstić information content (AvgIpc) is 4.24. The number of para-hydroxylation sites is 6. The summed E-state index contributed by atoms with van der Waals surface area (Å²) in [7, 11) is 0. The minimum Gasteiger partial charge on any atom is -0.454 e. The van der Waals surface area contributed by atoms with Gasteiger partial charge in [0.05, 0.1) is 11.4 Å². The van der Waals surface area contributed by atoms with Crippen LogP contribution in [-0.4, -0.2) is 0 Å². The lowest BCUT2D eigenvalue weighted by Crippen LogP contribution is -2.10. The highest BCUT2D eigenvalue weighted by atomic mass is 16.3. The van der Waals surface area contributed by atoms with Gasteiger partial charge < -0.3 is 18.6 Å². The normalized spacial score (nSPS) is 11.6. The van der Waals surface area contributed by atoms with Crippen molar-refractivity contribution in [3.8, 4) is 44.5 Å². The Labute approximate surface area is 451 Å². The molecule has 4 nitrogen and oxygen atoms in total. The van der Waals surface area contributed by atoms with E-state index in [4.69, 9.17) is 8.83 Å². The molecule has 2 aromatic heterocycles. The van der Waals surface area contributed by atoms with Gasteiger partial charge in [-0.15, -0.1) is 0 Å². The highest BCUT2D eigenvalue weighted by Gasteiger charge is 2.25. The number of hydrogen-bond donors (Lipinski definition) is 0. The molecule has 0 aliphatic carbocycles. The first-order chi connectivity index (χ1) is 38.7. The molecule has 78 heavy (non-hydrogen) atoms. The van der Waals surface area contributed by atoms with Crippen LogP contribution in [0.3, 0.4) is 0 Å². The van der Waals surface area contributed by atoms with Gasteiger partial charge in [-0.1, -0.05) is 218 Å². The zero-order valence-electron chi connectivity index (χ0n) is 42.4. The van der Waals surface area contributed by atoms with Crippen molar-refractivity contribution < 1.29 is 8.83 Å². The summed E-state index contributed by atoms with van der Waals surface area (Å²) in [4.78, 5) is 4.70. The Balaban J connectivity index is 1.03. The molecule has 0 saturated heterocycles. The highest BCUT2D eigenvalue weighted by molar-refractivity contribution is 6.23. The van der Waals surface area contributed by atoms with Crippen molar-refractivity contribution in [3.63, 3.8) is 0 Å². The molecule has 0 amide bonds. The minimum absolute atomic E-state index is 0.839. The molecule has 2 heterocycles. The van der Waals surface area contributed by atoms with Crippen LogP contribution in [0.2, 0.25) is 0 Å². The number of furan rings is 2. The topological polar surface area (TPSA) is 32.8 Å². The van der Waals surface area contributed by atoms with Gasteiger partial charge in [-0.3, -0.25) is 0 Å². The van der Waals surface area contributed by atoms with E-state index < -0.39 is 0 Å². The molecule has 0 saturated carbocycles. The van der Waals surface area contributed by atoms with E-state index in [2.05, 4.69) is 289 Å². The van der Waals surface area contributed by atoms with Crippen molar-refractivity contribution in [2.24, 2.45) is 0 Å². The fourth-order valence-electron chi connectivity index (χ4n) is 11.8. The largest absolute Gasteiger partial charge is 0.454 e. The molecule has 0 aliphatic heterocycles. The van der Waals surface area contributed by atoms with Gasteiger partial charge in [0.2, 0.25) is 0 Å². The summed E-state index contributed by atoms with van der Waals surface area (Å²) in [5, 5.41) is 8.88. The van der Waals surface area contributed by atoms with Gasteiger partial charge in [-0.25, -0.2) is 0 Å². The lowest BCUT2D eigenvalue weighted by molar-refractivity contribution is 0.668. The van der Waals surface area contributed by atoms with E-state index in [1.165, 1.54) is 22.3 Å². The molecule has 366 valence electrons. The predicted octanol–water partition coefficient (Wildman–Crippen LogP) is 21.4. The van der Waals surface area contributed by atoms with Crippen LogP contribution < -0.4 is 9.80 Å². The van der Waals surface area contributed by atoms with Crippen molar-refractivity contribution in [1.29, 1.82) is 0 Å². The first-order valence-electron chi connectivity index (χ1n) is 26.6. The van der Waals surface area contributed by atoms with Crippen molar-refractivity contribution in [2.75, 3.05) is 9.80 Å². The van der Waals surface area contributed by atoms with Gasteiger partial charge in [0.15, 0.2) is 11.2 Å². The quantitative estimate of drug-likeness (QED) is 0.128. The molecule has 15 aromatic rings. The van der Waals surface area contributed by atoms with Crippen LogP contribution in [0, 0.1) is 0 Å². The van der Waals surface area contributed by atoms with Gasteiger partial charge >= 0.3 is 0 Å². The number of anilines is 6. The van der Waals surface area contributed by atoms with Crippen molar-refractivity contribution in [3.05, 3.63) is 291 Å². The Morgan fingerprint density at radius 3 is 0.949 bits per heavy atom. The summed E-state index contributed by atoms with van der Waals surface area (Å²) in [6, 6.07) is 105. The Bertz CT molecular complexity index is 4400. The number of fused-ring (bicyclic) bond motifs is 8. The Hall–Kier alpha value is -10.4. The lowest BCUT2D eigenvalue weighted by Gasteiger charge is -2.28. The van der Waals surface area contributed by atoms with E-state index in [9.17, 15) is 0 Å². The smallest absolute Gasteiger partial charge is 0.159 e. The lowest BCUT2D eigenvalue weighted by atomic mass is 9.84. The first-order valence-corrected chi connectivity index (χ1v) is 26.6. The molecular weight excluding hydrogens is 949 g/mol. The van der Waals surface area contributed by atoms with Gasteiger partial charge in [-0.2, -0.15) is 0 Å². The van der Waals surface area contributed by atoms with Crippen molar-refractivity contribution in [1.82, 2.24) is 0 Å². The first kappa shape index (κ1) is 45.0. The SMILES string of the molecule is c1ccc(-c2ccc(-c3c4ccc(N(c5ccccc5)c5cccc6c5oc5ccccc56)cc4c(-c4ccc(-c5ccccc5)cc4)c4ccc(N(c5ccccc5)c5cccc6c5oc5ccccc56)cc34)cc2)cc1. The molecule has 0 bridgehead atoms. The maximum Gasteiger partial charge on any atom is 0.159 e. The van der Waals surface area contributed by atoms with Crippen LogP contribution in [0.1, 0.15) is 0 Å². The molecule has 15 rings (SSSR count). The van der Waals surface area contributed by atoms with E-state index >= 15 is 0 Å². The molecule has 4 heteroatoms. The monoisotopic (exact) mass is 996 g/mol. The second-order valence-electron chi connectivity index (χ2n) is 19.9. The van der Waals surface area contributed by atoms with E-state index in [-0.39, 0.29) is 0 Å². The van der Waals surface area contributed by atoms with Gasteiger partial charge in [0, 0.05) is 44.3 Å². The third-order valence-corrected chi connectivity index (χ3v) is 15.4. The van der Waals surface area contributed by atoms with Crippen LogP contribution >= 0.6 is 0 Å². The number of nitrogens with zero attached hydrogens (tertiary/aromatic N) is 2. The van der Waals surface area contributed by atoms with Gasteiger partial charge in [0.1, 0.15) is 11.2 Å². The molecular formula is C74H48N2O2. The van der Waals surface area contributed by atoms with Crippen molar-refractivity contribution in [2.45, 2.75) is 0 Å². The van der Waals surface area contributed by atoms with Gasteiger partial charge in [-0.05, 0) is 139 Å². The molecule has 0 atom stereocenters. The van der Waals surface area contributed by atoms with E-state index in [1.54, 1.807) is 0 Å². The maximum atomic E-state index is 6.79. The van der Waals surface area contributed by atoms with Crippen LogP contribution in [0.5, 0.6) is 0 Å². The Morgan fingerprint density at radius 2 is 0.538 bits per heavy atom. The van der Waals surface area contributed by atoms with Crippen molar-refractivity contribution >= 4 is 99.5 Å². The number of rotatable bonds is 10. The number of hydrogen-bond acceptors (Lipinski definition) is 4. The summed E-state index contributed by atoms with van der Waals surface area (Å²) in [6.07, 6.45) is 0. The van der Waals surface area contributed by atoms with Crippen LogP contribution in [0.15, 0.2) is 300 Å². The Morgan fingerprint density at radius 1 is 0.205 bits per heavy atom.